The SMILES string of the molecule is CC1(CN2CC(C)(C)NCC2c2ccccc2)CCCC1. The summed E-state index contributed by atoms with van der Waals surface area (Å²) in [6, 6.07) is 11.6. The second kappa shape index (κ2) is 5.73. The zero-order valence-corrected chi connectivity index (χ0v) is 13.9. The molecule has 1 unspecified atom stereocenters. The van der Waals surface area contributed by atoms with Crippen molar-refractivity contribution >= 4 is 0 Å². The van der Waals surface area contributed by atoms with Crippen LogP contribution >= 0.6 is 0 Å². The van der Waals surface area contributed by atoms with Crippen LogP contribution in [0.4, 0.5) is 0 Å². The second-order valence-corrected chi connectivity index (χ2v) is 8.11. The van der Waals surface area contributed by atoms with Gasteiger partial charge in [-0.15, -0.1) is 0 Å². The lowest BCUT2D eigenvalue weighted by Gasteiger charge is -2.47. The molecule has 2 fully saturated rings. The molecule has 1 N–H and O–H groups in total. The van der Waals surface area contributed by atoms with E-state index in [1.54, 1.807) is 0 Å². The van der Waals surface area contributed by atoms with Crippen molar-refractivity contribution in [3.63, 3.8) is 0 Å². The average molecular weight is 286 g/mol. The van der Waals surface area contributed by atoms with E-state index in [9.17, 15) is 0 Å². The zero-order valence-electron chi connectivity index (χ0n) is 13.9. The van der Waals surface area contributed by atoms with E-state index in [-0.39, 0.29) is 5.54 Å². The van der Waals surface area contributed by atoms with Crippen molar-refractivity contribution < 1.29 is 0 Å². The van der Waals surface area contributed by atoms with Crippen LogP contribution in [0.3, 0.4) is 0 Å². The van der Waals surface area contributed by atoms with Crippen LogP contribution in [0.2, 0.25) is 0 Å². The number of hydrogen-bond acceptors (Lipinski definition) is 2. The molecule has 0 radical (unpaired) electrons. The molecule has 1 saturated heterocycles. The number of rotatable bonds is 3. The lowest BCUT2D eigenvalue weighted by atomic mass is 9.85. The predicted octanol–water partition coefficient (Wildman–Crippen LogP) is 3.99. The predicted molar refractivity (Wildman–Crippen MR) is 89.4 cm³/mol. The molecular weight excluding hydrogens is 256 g/mol. The third-order valence-electron chi connectivity index (χ3n) is 5.39. The third-order valence-corrected chi connectivity index (χ3v) is 5.39. The van der Waals surface area contributed by atoms with Crippen LogP contribution in [-0.4, -0.2) is 30.1 Å². The van der Waals surface area contributed by atoms with Gasteiger partial charge in [0.25, 0.3) is 0 Å². The Morgan fingerprint density at radius 1 is 1.10 bits per heavy atom. The largest absolute Gasteiger partial charge is 0.309 e. The van der Waals surface area contributed by atoms with Crippen LogP contribution in [0.5, 0.6) is 0 Å². The summed E-state index contributed by atoms with van der Waals surface area (Å²) in [5.74, 6) is 0. The molecule has 1 aliphatic heterocycles. The average Bonchev–Trinajstić information content (AvgIpc) is 2.85. The molecule has 0 spiro atoms. The summed E-state index contributed by atoms with van der Waals surface area (Å²) < 4.78 is 0. The summed E-state index contributed by atoms with van der Waals surface area (Å²) >= 11 is 0. The number of nitrogens with one attached hydrogen (secondary N) is 1. The Morgan fingerprint density at radius 2 is 1.76 bits per heavy atom. The van der Waals surface area contributed by atoms with E-state index in [1.807, 2.05) is 0 Å². The molecule has 1 atom stereocenters. The first kappa shape index (κ1) is 15.1. The van der Waals surface area contributed by atoms with Crippen molar-refractivity contribution in [2.75, 3.05) is 19.6 Å². The van der Waals surface area contributed by atoms with Crippen molar-refractivity contribution in [1.82, 2.24) is 10.2 Å². The lowest BCUT2D eigenvalue weighted by Crippen LogP contribution is -2.59. The van der Waals surface area contributed by atoms with Crippen LogP contribution in [0.15, 0.2) is 30.3 Å². The van der Waals surface area contributed by atoms with Crippen LogP contribution in [0.1, 0.15) is 58.1 Å². The first-order chi connectivity index (χ1) is 9.98. The molecule has 3 rings (SSSR count). The number of hydrogen-bond donors (Lipinski definition) is 1. The Labute approximate surface area is 129 Å². The Bertz CT molecular complexity index is 460. The van der Waals surface area contributed by atoms with Crippen molar-refractivity contribution in [1.29, 1.82) is 0 Å². The maximum Gasteiger partial charge on any atom is 0.0473 e. The Morgan fingerprint density at radius 3 is 2.43 bits per heavy atom. The van der Waals surface area contributed by atoms with Gasteiger partial charge < -0.3 is 5.32 Å². The molecule has 2 nitrogen and oxygen atoms in total. The molecule has 0 aromatic heterocycles. The van der Waals surface area contributed by atoms with Gasteiger partial charge in [0.15, 0.2) is 0 Å². The van der Waals surface area contributed by atoms with Gasteiger partial charge in [-0.25, -0.2) is 0 Å². The monoisotopic (exact) mass is 286 g/mol. The first-order valence-electron chi connectivity index (χ1n) is 8.52. The topological polar surface area (TPSA) is 15.3 Å². The highest BCUT2D eigenvalue weighted by Crippen LogP contribution is 2.40. The van der Waals surface area contributed by atoms with Gasteiger partial charge in [0, 0.05) is 31.2 Å². The number of piperazine rings is 1. The van der Waals surface area contributed by atoms with Crippen LogP contribution in [-0.2, 0) is 0 Å². The summed E-state index contributed by atoms with van der Waals surface area (Å²) in [6.07, 6.45) is 5.64. The standard InChI is InChI=1S/C19H30N2/c1-18(2)14-21(15-19(3)11-7-8-12-19)17(13-20-18)16-9-5-4-6-10-16/h4-6,9-10,17,20H,7-8,11-15H2,1-3H3. The Kier molecular flexibility index (Phi) is 4.11. The third kappa shape index (κ3) is 3.49. The molecule has 1 aliphatic carbocycles. The van der Waals surface area contributed by atoms with Gasteiger partial charge in [-0.1, -0.05) is 50.1 Å². The summed E-state index contributed by atoms with van der Waals surface area (Å²) in [5, 5.41) is 3.73. The molecule has 1 aromatic carbocycles. The molecule has 1 heterocycles. The zero-order chi connectivity index (χ0) is 14.9. The van der Waals surface area contributed by atoms with E-state index in [2.05, 4.69) is 61.3 Å². The number of nitrogens with zero attached hydrogens (tertiary/aromatic N) is 1. The van der Waals surface area contributed by atoms with Gasteiger partial charge in [0.05, 0.1) is 0 Å². The first-order valence-corrected chi connectivity index (χ1v) is 8.52. The minimum absolute atomic E-state index is 0.222. The highest BCUT2D eigenvalue weighted by Gasteiger charge is 2.38. The summed E-state index contributed by atoms with van der Waals surface area (Å²) in [7, 11) is 0. The smallest absolute Gasteiger partial charge is 0.0473 e. The van der Waals surface area contributed by atoms with Crippen molar-refractivity contribution in [2.24, 2.45) is 5.41 Å². The highest BCUT2D eigenvalue weighted by molar-refractivity contribution is 5.21. The van der Waals surface area contributed by atoms with Crippen molar-refractivity contribution in [2.45, 2.75) is 58.0 Å². The molecular formula is C19H30N2. The van der Waals surface area contributed by atoms with Gasteiger partial charge in [-0.05, 0) is 37.7 Å². The minimum atomic E-state index is 0.222. The van der Waals surface area contributed by atoms with Crippen molar-refractivity contribution in [3.05, 3.63) is 35.9 Å². The van der Waals surface area contributed by atoms with Crippen LogP contribution < -0.4 is 5.32 Å². The Hall–Kier alpha value is -0.860. The molecule has 21 heavy (non-hydrogen) atoms. The summed E-state index contributed by atoms with van der Waals surface area (Å²) in [4.78, 5) is 2.75. The Balaban J connectivity index is 1.80. The molecule has 0 amide bonds. The van der Waals surface area contributed by atoms with Crippen molar-refractivity contribution in [3.8, 4) is 0 Å². The fourth-order valence-electron chi connectivity index (χ4n) is 4.22. The molecule has 1 saturated carbocycles. The van der Waals surface area contributed by atoms with E-state index < -0.39 is 0 Å². The molecule has 2 heteroatoms. The molecule has 1 aromatic rings. The van der Waals surface area contributed by atoms with Gasteiger partial charge in [-0.3, -0.25) is 4.90 Å². The highest BCUT2D eigenvalue weighted by atomic mass is 15.3. The quantitative estimate of drug-likeness (QED) is 0.904. The maximum absolute atomic E-state index is 3.73. The summed E-state index contributed by atoms with van der Waals surface area (Å²) in [5.41, 5.74) is 2.21. The van der Waals surface area contributed by atoms with Gasteiger partial charge in [-0.2, -0.15) is 0 Å². The minimum Gasteiger partial charge on any atom is -0.309 e. The fourth-order valence-corrected chi connectivity index (χ4v) is 4.22. The maximum atomic E-state index is 3.73. The van der Waals surface area contributed by atoms with Crippen LogP contribution in [0, 0.1) is 5.41 Å². The molecule has 0 bridgehead atoms. The van der Waals surface area contributed by atoms with E-state index in [0.717, 1.165) is 13.1 Å². The van der Waals surface area contributed by atoms with E-state index in [1.165, 1.54) is 37.8 Å². The van der Waals surface area contributed by atoms with Gasteiger partial charge in [0.1, 0.15) is 0 Å². The van der Waals surface area contributed by atoms with E-state index in [0.29, 0.717) is 11.5 Å². The number of benzene rings is 1. The second-order valence-electron chi connectivity index (χ2n) is 8.11. The van der Waals surface area contributed by atoms with Crippen LogP contribution in [0.25, 0.3) is 0 Å². The lowest BCUT2D eigenvalue weighted by molar-refractivity contribution is 0.0546. The fraction of sp³-hybridized carbons (Fsp3) is 0.684. The van der Waals surface area contributed by atoms with Gasteiger partial charge in [0.2, 0.25) is 0 Å². The van der Waals surface area contributed by atoms with E-state index in [4.69, 9.17) is 0 Å². The molecule has 2 aliphatic rings. The molecule has 116 valence electrons. The normalized spacial score (nSPS) is 28.6. The van der Waals surface area contributed by atoms with Gasteiger partial charge >= 0.3 is 0 Å². The summed E-state index contributed by atoms with van der Waals surface area (Å²) in [6.45, 7) is 10.6. The van der Waals surface area contributed by atoms with E-state index >= 15 is 0 Å².